The highest BCUT2D eigenvalue weighted by molar-refractivity contribution is 6.62. The van der Waals surface area contributed by atoms with Gasteiger partial charge in [0.2, 0.25) is 0 Å². The summed E-state index contributed by atoms with van der Waals surface area (Å²) in [5, 5.41) is 0. The second-order valence-corrected chi connectivity index (χ2v) is 8.23. The summed E-state index contributed by atoms with van der Waals surface area (Å²) < 4.78 is 0. The second kappa shape index (κ2) is 2.67. The van der Waals surface area contributed by atoms with Crippen LogP contribution in [0.4, 0.5) is 0 Å². The summed E-state index contributed by atoms with van der Waals surface area (Å²) in [7, 11) is 0.452. The van der Waals surface area contributed by atoms with Gasteiger partial charge >= 0.3 is 0 Å². The Bertz CT molecular complexity index is 48.0. The Morgan fingerprint density at radius 1 is 1.29 bits per heavy atom. The number of rotatable bonds is 0. The Morgan fingerprint density at radius 2 is 1.86 bits per heavy atom. The second-order valence-electron chi connectivity index (χ2n) is 2.74. The van der Waals surface area contributed by atoms with Crippen LogP contribution in [0, 0.1) is 0 Å². The molecule has 1 aliphatic heterocycles. The van der Waals surface area contributed by atoms with Crippen LogP contribution in [0.15, 0.2) is 0 Å². The fourth-order valence-electron chi connectivity index (χ4n) is 1.31. The van der Waals surface area contributed by atoms with Crippen molar-refractivity contribution in [2.45, 2.75) is 30.7 Å². The highest BCUT2D eigenvalue weighted by Gasteiger charge is 2.07. The van der Waals surface area contributed by atoms with Crippen LogP contribution in [-0.2, 0) is 0 Å². The van der Waals surface area contributed by atoms with E-state index in [1.807, 2.05) is 0 Å². The highest BCUT2D eigenvalue weighted by Crippen LogP contribution is 2.13. The van der Waals surface area contributed by atoms with E-state index in [2.05, 4.69) is 6.55 Å². The topological polar surface area (TPSA) is 0 Å². The third-order valence-electron chi connectivity index (χ3n) is 1.89. The van der Waals surface area contributed by atoms with Crippen molar-refractivity contribution in [2.24, 2.45) is 0 Å². The van der Waals surface area contributed by atoms with Crippen LogP contribution in [0.5, 0.6) is 0 Å². The third kappa shape index (κ3) is 1.78. The molecule has 0 saturated carbocycles. The molecular weight excluding hydrogens is 116 g/mol. The summed E-state index contributed by atoms with van der Waals surface area (Å²) >= 11 is 0. The van der Waals surface area contributed by atoms with Crippen LogP contribution in [0.25, 0.3) is 0 Å². The van der Waals surface area contributed by atoms with Crippen molar-refractivity contribution in [2.75, 3.05) is 0 Å². The molecule has 1 rings (SSSR count). The maximum atomic E-state index is 2.52. The van der Waals surface area contributed by atoms with Gasteiger partial charge in [0.25, 0.3) is 0 Å². The minimum Gasteiger partial charge on any atom is -0.0720 e. The smallest absolute Gasteiger partial charge is 0.0330 e. The van der Waals surface area contributed by atoms with Crippen molar-refractivity contribution in [1.82, 2.24) is 0 Å². The SMILES string of the molecule is C[SiH]1CC[SiH2]CC1. The van der Waals surface area contributed by atoms with Gasteiger partial charge < -0.3 is 0 Å². The molecule has 0 nitrogen and oxygen atoms in total. The molecule has 0 aromatic carbocycles. The number of hydrogen-bond donors (Lipinski definition) is 0. The first-order chi connectivity index (χ1) is 3.39. The normalized spacial score (nSPS) is 36.4. The van der Waals surface area contributed by atoms with E-state index in [4.69, 9.17) is 0 Å². The zero-order valence-corrected chi connectivity index (χ0v) is 7.68. The Kier molecular flexibility index (Phi) is 2.12. The molecule has 1 saturated heterocycles. The van der Waals surface area contributed by atoms with Gasteiger partial charge in [-0.3, -0.25) is 0 Å². The van der Waals surface area contributed by atoms with Crippen LogP contribution >= 0.6 is 0 Å². The van der Waals surface area contributed by atoms with Gasteiger partial charge in [0.1, 0.15) is 0 Å². The monoisotopic (exact) mass is 130 g/mol. The van der Waals surface area contributed by atoms with Crippen LogP contribution in [0.3, 0.4) is 0 Å². The standard InChI is InChI=1S/C5H14Si2/c1-7-4-2-6-3-5-7/h7H,2-6H2,1H3. The van der Waals surface area contributed by atoms with Crippen molar-refractivity contribution in [3.63, 3.8) is 0 Å². The molecule has 1 aliphatic rings. The Morgan fingerprint density at radius 3 is 2.14 bits per heavy atom. The van der Waals surface area contributed by atoms with E-state index < -0.39 is 0 Å². The summed E-state index contributed by atoms with van der Waals surface area (Å²) in [5.74, 6) is 0. The van der Waals surface area contributed by atoms with Crippen molar-refractivity contribution in [3.8, 4) is 0 Å². The lowest BCUT2D eigenvalue weighted by molar-refractivity contribution is 1.21. The summed E-state index contributed by atoms with van der Waals surface area (Å²) in [6.07, 6.45) is 0. The predicted molar refractivity (Wildman–Crippen MR) is 40.8 cm³/mol. The van der Waals surface area contributed by atoms with E-state index >= 15 is 0 Å². The molecule has 1 fully saturated rings. The highest BCUT2D eigenvalue weighted by atomic mass is 28.3. The molecule has 2 heteroatoms. The lowest BCUT2D eigenvalue weighted by Gasteiger charge is -2.13. The molecule has 0 bridgehead atoms. The molecule has 0 aromatic rings. The molecule has 0 atom stereocenters. The Labute approximate surface area is 49.7 Å². The first kappa shape index (κ1) is 5.57. The lowest BCUT2D eigenvalue weighted by atomic mass is 10.9. The first-order valence-electron chi connectivity index (χ1n) is 3.39. The maximum Gasteiger partial charge on any atom is 0.0330 e. The Balaban J connectivity index is 2.12. The molecular formula is C5H14Si2. The van der Waals surface area contributed by atoms with E-state index in [1.165, 1.54) is 0 Å². The molecule has 0 radical (unpaired) electrons. The van der Waals surface area contributed by atoms with Crippen molar-refractivity contribution >= 4 is 18.3 Å². The maximum absolute atomic E-state index is 2.52. The van der Waals surface area contributed by atoms with E-state index in [0.717, 1.165) is 0 Å². The van der Waals surface area contributed by atoms with E-state index in [-0.39, 0.29) is 8.80 Å². The minimum absolute atomic E-state index is 0.0598. The molecule has 7 heavy (non-hydrogen) atoms. The molecule has 0 aliphatic carbocycles. The van der Waals surface area contributed by atoms with Crippen molar-refractivity contribution < 1.29 is 0 Å². The molecule has 0 unspecified atom stereocenters. The molecule has 1 heterocycles. The molecule has 0 amide bonds. The largest absolute Gasteiger partial charge is 0.0720 e. The van der Waals surface area contributed by atoms with E-state index in [0.29, 0.717) is 9.52 Å². The van der Waals surface area contributed by atoms with Gasteiger partial charge in [0.05, 0.1) is 0 Å². The molecule has 42 valence electrons. The quantitative estimate of drug-likeness (QED) is 0.427. The molecule has 0 N–H and O–H groups in total. The van der Waals surface area contributed by atoms with Crippen molar-refractivity contribution in [1.29, 1.82) is 0 Å². The van der Waals surface area contributed by atoms with Crippen LogP contribution in [-0.4, -0.2) is 18.3 Å². The zero-order chi connectivity index (χ0) is 5.11. The number of hydrogen-bond acceptors (Lipinski definition) is 0. The average Bonchev–Trinajstić information content (AvgIpc) is 1.69. The minimum atomic E-state index is -0.0598. The summed E-state index contributed by atoms with van der Waals surface area (Å²) in [6.45, 7) is 2.52. The van der Waals surface area contributed by atoms with Gasteiger partial charge in [-0.2, -0.15) is 0 Å². The van der Waals surface area contributed by atoms with Gasteiger partial charge in [-0.05, 0) is 0 Å². The van der Waals surface area contributed by atoms with Gasteiger partial charge in [0.15, 0.2) is 0 Å². The van der Waals surface area contributed by atoms with Gasteiger partial charge in [-0.25, -0.2) is 0 Å². The van der Waals surface area contributed by atoms with E-state index in [1.54, 1.807) is 24.2 Å². The summed E-state index contributed by atoms with van der Waals surface area (Å²) in [5.41, 5.74) is 0. The first-order valence-corrected chi connectivity index (χ1v) is 8.18. The van der Waals surface area contributed by atoms with Gasteiger partial charge in [-0.15, -0.1) is 0 Å². The Hall–Kier alpha value is 0.434. The lowest BCUT2D eigenvalue weighted by Crippen LogP contribution is -2.13. The molecule has 0 aromatic heterocycles. The fraction of sp³-hybridized carbons (Fsp3) is 1.00. The summed E-state index contributed by atoms with van der Waals surface area (Å²) in [4.78, 5) is 0. The zero-order valence-electron chi connectivity index (χ0n) is 5.11. The summed E-state index contributed by atoms with van der Waals surface area (Å²) in [6, 6.07) is 6.75. The van der Waals surface area contributed by atoms with Crippen molar-refractivity contribution in [3.05, 3.63) is 0 Å². The van der Waals surface area contributed by atoms with Crippen LogP contribution in [0.2, 0.25) is 30.7 Å². The van der Waals surface area contributed by atoms with Gasteiger partial charge in [0, 0.05) is 18.3 Å². The van der Waals surface area contributed by atoms with Gasteiger partial charge in [-0.1, -0.05) is 30.7 Å². The molecule has 0 spiro atoms. The average molecular weight is 130 g/mol. The third-order valence-corrected chi connectivity index (χ3v) is 8.13. The van der Waals surface area contributed by atoms with E-state index in [9.17, 15) is 0 Å². The van der Waals surface area contributed by atoms with Crippen LogP contribution < -0.4 is 0 Å². The van der Waals surface area contributed by atoms with Crippen LogP contribution in [0.1, 0.15) is 0 Å². The predicted octanol–water partition coefficient (Wildman–Crippen LogP) is 0.862. The fourth-order valence-corrected chi connectivity index (χ4v) is 9.83.